The average Bonchev–Trinajstić information content (AvgIpc) is 2.97. The van der Waals surface area contributed by atoms with Crippen molar-refractivity contribution in [2.45, 2.75) is 6.54 Å². The summed E-state index contributed by atoms with van der Waals surface area (Å²) in [5, 5.41) is 14.8. The second-order valence-electron chi connectivity index (χ2n) is 3.82. The summed E-state index contributed by atoms with van der Waals surface area (Å²) >= 11 is 1.13. The van der Waals surface area contributed by atoms with Crippen molar-refractivity contribution in [3.05, 3.63) is 51.0 Å². The summed E-state index contributed by atoms with van der Waals surface area (Å²) in [6.07, 6.45) is 4.49. The van der Waals surface area contributed by atoms with Gasteiger partial charge >= 0.3 is 11.7 Å². The normalized spacial score (nSPS) is 10.9. The number of rotatable bonds is 3. The maximum absolute atomic E-state index is 12.0. The van der Waals surface area contributed by atoms with E-state index in [4.69, 9.17) is 5.11 Å². The summed E-state index contributed by atoms with van der Waals surface area (Å²) in [6, 6.07) is 1.68. The van der Waals surface area contributed by atoms with E-state index in [1.165, 1.54) is 27.7 Å². The number of hydrogen-bond donors (Lipinski definition) is 1. The fourth-order valence-electron chi connectivity index (χ4n) is 1.79. The Morgan fingerprint density at radius 3 is 3.05 bits per heavy atom. The van der Waals surface area contributed by atoms with Crippen LogP contribution in [0.2, 0.25) is 0 Å². The first-order valence-corrected chi connectivity index (χ1v) is 6.23. The van der Waals surface area contributed by atoms with E-state index in [9.17, 15) is 9.59 Å². The van der Waals surface area contributed by atoms with Crippen LogP contribution in [0.15, 0.2) is 34.8 Å². The van der Waals surface area contributed by atoms with Crippen LogP contribution in [0.25, 0.3) is 5.65 Å². The molecule has 0 spiro atoms. The Kier molecular flexibility index (Phi) is 2.64. The average molecular weight is 276 g/mol. The summed E-state index contributed by atoms with van der Waals surface area (Å²) in [5.74, 6) is -0.997. The standard InChI is InChI=1S/C11H8N4O3S/c16-10(17)9-7(1-4-19-9)6-15-11(18)14-3-2-12-5-8(14)13-15/h1-5H,6H2,(H,16,17). The minimum Gasteiger partial charge on any atom is -0.477 e. The lowest BCUT2D eigenvalue weighted by molar-refractivity contribution is 0.0701. The molecule has 0 aliphatic heterocycles. The van der Waals surface area contributed by atoms with Crippen LogP contribution < -0.4 is 5.69 Å². The van der Waals surface area contributed by atoms with Gasteiger partial charge in [-0.05, 0) is 17.0 Å². The van der Waals surface area contributed by atoms with E-state index in [1.54, 1.807) is 11.4 Å². The molecule has 3 rings (SSSR count). The Hall–Kier alpha value is -2.48. The number of aromatic nitrogens is 4. The lowest BCUT2D eigenvalue weighted by atomic mass is 10.2. The maximum Gasteiger partial charge on any atom is 0.350 e. The second kappa shape index (κ2) is 4.32. The molecule has 0 bridgehead atoms. The first kappa shape index (κ1) is 11.6. The second-order valence-corrected chi connectivity index (χ2v) is 4.74. The van der Waals surface area contributed by atoms with Crippen LogP contribution in [0.3, 0.4) is 0 Å². The SMILES string of the molecule is O=C(O)c1sccc1Cn1nc2cnccn2c1=O. The molecule has 0 radical (unpaired) electrons. The first-order chi connectivity index (χ1) is 9.16. The zero-order valence-electron chi connectivity index (χ0n) is 9.55. The van der Waals surface area contributed by atoms with Gasteiger partial charge in [-0.25, -0.2) is 18.7 Å². The molecule has 3 aromatic rings. The summed E-state index contributed by atoms with van der Waals surface area (Å²) in [5.41, 5.74) is 0.676. The Morgan fingerprint density at radius 1 is 1.47 bits per heavy atom. The molecule has 0 aliphatic rings. The van der Waals surface area contributed by atoms with Crippen LogP contribution in [-0.2, 0) is 6.54 Å². The Balaban J connectivity index is 2.06. The van der Waals surface area contributed by atoms with E-state index in [2.05, 4.69) is 10.1 Å². The number of carboxylic acids is 1. The largest absolute Gasteiger partial charge is 0.477 e. The molecule has 0 aliphatic carbocycles. The molecule has 7 nitrogen and oxygen atoms in total. The highest BCUT2D eigenvalue weighted by Gasteiger charge is 2.14. The topological polar surface area (TPSA) is 89.5 Å². The van der Waals surface area contributed by atoms with Gasteiger partial charge in [-0.15, -0.1) is 16.4 Å². The molecule has 0 saturated carbocycles. The molecule has 3 aromatic heterocycles. The van der Waals surface area contributed by atoms with Crippen molar-refractivity contribution in [2.75, 3.05) is 0 Å². The van der Waals surface area contributed by atoms with Crippen molar-refractivity contribution in [1.82, 2.24) is 19.2 Å². The number of thiophene rings is 1. The minimum atomic E-state index is -0.997. The molecule has 1 N–H and O–H groups in total. The van der Waals surface area contributed by atoms with E-state index < -0.39 is 5.97 Å². The van der Waals surface area contributed by atoms with Crippen molar-refractivity contribution < 1.29 is 9.90 Å². The van der Waals surface area contributed by atoms with Crippen LogP contribution in [0, 0.1) is 0 Å². The quantitative estimate of drug-likeness (QED) is 0.760. The molecule has 3 heterocycles. The molecule has 19 heavy (non-hydrogen) atoms. The molecule has 0 amide bonds. The van der Waals surface area contributed by atoms with E-state index in [0.29, 0.717) is 11.2 Å². The molecule has 0 aromatic carbocycles. The zero-order valence-corrected chi connectivity index (χ0v) is 10.4. The van der Waals surface area contributed by atoms with Crippen LogP contribution in [0.5, 0.6) is 0 Å². The summed E-state index contributed by atoms with van der Waals surface area (Å²) in [4.78, 5) is 27.2. The van der Waals surface area contributed by atoms with Crippen molar-refractivity contribution in [3.63, 3.8) is 0 Å². The maximum atomic E-state index is 12.0. The van der Waals surface area contributed by atoms with Gasteiger partial charge in [0.15, 0.2) is 5.65 Å². The van der Waals surface area contributed by atoms with Crippen LogP contribution in [-0.4, -0.2) is 30.2 Å². The first-order valence-electron chi connectivity index (χ1n) is 5.35. The van der Waals surface area contributed by atoms with Gasteiger partial charge in [-0.3, -0.25) is 4.98 Å². The third kappa shape index (κ3) is 1.91. The van der Waals surface area contributed by atoms with E-state index in [1.807, 2.05) is 0 Å². The van der Waals surface area contributed by atoms with E-state index in [0.717, 1.165) is 11.3 Å². The smallest absolute Gasteiger partial charge is 0.350 e. The van der Waals surface area contributed by atoms with Crippen LogP contribution >= 0.6 is 11.3 Å². The molecule has 8 heteroatoms. The lowest BCUT2D eigenvalue weighted by Gasteiger charge is -1.98. The third-order valence-electron chi connectivity index (χ3n) is 2.65. The lowest BCUT2D eigenvalue weighted by Crippen LogP contribution is -2.22. The van der Waals surface area contributed by atoms with Gasteiger partial charge in [0.05, 0.1) is 12.7 Å². The minimum absolute atomic E-state index is 0.131. The summed E-state index contributed by atoms with van der Waals surface area (Å²) in [7, 11) is 0. The summed E-state index contributed by atoms with van der Waals surface area (Å²) < 4.78 is 2.59. The Morgan fingerprint density at radius 2 is 2.32 bits per heavy atom. The van der Waals surface area contributed by atoms with Gasteiger partial charge < -0.3 is 5.11 Å². The van der Waals surface area contributed by atoms with Gasteiger partial charge in [0, 0.05) is 12.4 Å². The number of aromatic carboxylic acids is 1. The highest BCUT2D eigenvalue weighted by atomic mass is 32.1. The summed E-state index contributed by atoms with van der Waals surface area (Å²) in [6.45, 7) is 0.131. The predicted molar refractivity (Wildman–Crippen MR) is 67.6 cm³/mol. The van der Waals surface area contributed by atoms with Crippen LogP contribution in [0.1, 0.15) is 15.2 Å². The Labute approximate surface area is 110 Å². The molecular weight excluding hydrogens is 268 g/mol. The highest BCUT2D eigenvalue weighted by molar-refractivity contribution is 7.12. The van der Waals surface area contributed by atoms with Gasteiger partial charge in [-0.1, -0.05) is 0 Å². The van der Waals surface area contributed by atoms with Gasteiger partial charge in [0.25, 0.3) is 0 Å². The fourth-order valence-corrected chi connectivity index (χ4v) is 2.55. The van der Waals surface area contributed by atoms with Gasteiger partial charge in [0.1, 0.15) is 4.88 Å². The van der Waals surface area contributed by atoms with E-state index in [-0.39, 0.29) is 17.1 Å². The molecule has 0 unspecified atom stereocenters. The van der Waals surface area contributed by atoms with Crippen molar-refractivity contribution >= 4 is 23.0 Å². The third-order valence-corrected chi connectivity index (χ3v) is 3.59. The molecular formula is C11H8N4O3S. The number of nitrogens with zero attached hydrogens (tertiary/aromatic N) is 4. The fraction of sp³-hybridized carbons (Fsp3) is 0.0909. The number of hydrogen-bond acceptors (Lipinski definition) is 5. The van der Waals surface area contributed by atoms with Crippen LogP contribution in [0.4, 0.5) is 0 Å². The zero-order chi connectivity index (χ0) is 13.4. The molecule has 96 valence electrons. The highest BCUT2D eigenvalue weighted by Crippen LogP contribution is 2.17. The monoisotopic (exact) mass is 276 g/mol. The van der Waals surface area contributed by atoms with Crippen molar-refractivity contribution in [2.24, 2.45) is 0 Å². The van der Waals surface area contributed by atoms with Gasteiger partial charge in [-0.2, -0.15) is 0 Å². The Bertz CT molecular complexity index is 817. The van der Waals surface area contributed by atoms with Crippen molar-refractivity contribution in [3.8, 4) is 0 Å². The number of carboxylic acid groups (broad SMARTS) is 1. The molecule has 0 atom stereocenters. The molecule has 0 fully saturated rings. The van der Waals surface area contributed by atoms with Crippen molar-refractivity contribution in [1.29, 1.82) is 0 Å². The predicted octanol–water partition coefficient (Wildman–Crippen LogP) is 0.699. The van der Waals surface area contributed by atoms with Gasteiger partial charge in [0.2, 0.25) is 0 Å². The van der Waals surface area contributed by atoms with E-state index >= 15 is 0 Å². The number of fused-ring (bicyclic) bond motifs is 1. The number of carbonyl (C=O) groups is 1. The molecule has 0 saturated heterocycles.